The molecule has 142 valence electrons. The van der Waals surface area contributed by atoms with Gasteiger partial charge in [-0.1, -0.05) is 0 Å². The number of phenols is 1. The molecule has 0 spiro atoms. The third-order valence-corrected chi connectivity index (χ3v) is 5.07. The number of benzene rings is 1. The second-order valence-corrected chi connectivity index (χ2v) is 7.10. The van der Waals surface area contributed by atoms with Crippen molar-refractivity contribution in [2.24, 2.45) is 16.1 Å². The molecule has 1 aromatic carbocycles. The van der Waals surface area contributed by atoms with E-state index in [9.17, 15) is 14.7 Å². The second kappa shape index (κ2) is 8.21. The molecule has 2 N–H and O–H groups in total. The molecular formula is C20H24N4O3. The Labute approximate surface area is 158 Å². The molecule has 1 aromatic rings. The molecule has 2 heterocycles. The summed E-state index contributed by atoms with van der Waals surface area (Å²) in [5.41, 5.74) is 0.182. The summed E-state index contributed by atoms with van der Waals surface area (Å²) in [5, 5.41) is 20.3. The van der Waals surface area contributed by atoms with Crippen molar-refractivity contribution in [1.29, 1.82) is 0 Å². The minimum absolute atomic E-state index is 0.0366. The van der Waals surface area contributed by atoms with Crippen LogP contribution in [0.4, 0.5) is 5.69 Å². The molecule has 2 amide bonds. The number of rotatable bonds is 7. The largest absolute Gasteiger partial charge is 0.508 e. The summed E-state index contributed by atoms with van der Waals surface area (Å²) in [4.78, 5) is 26.8. The van der Waals surface area contributed by atoms with Gasteiger partial charge in [0, 0.05) is 44.5 Å². The van der Waals surface area contributed by atoms with Crippen LogP contribution in [0, 0.1) is 18.3 Å². The lowest BCUT2D eigenvalue weighted by molar-refractivity contribution is -0.134. The van der Waals surface area contributed by atoms with Gasteiger partial charge in [0.15, 0.2) is 5.66 Å². The summed E-state index contributed by atoms with van der Waals surface area (Å²) in [5.74, 6) is 2.43. The Balaban J connectivity index is 1.48. The number of piperidine rings is 1. The number of aromatic hydroxyl groups is 1. The summed E-state index contributed by atoms with van der Waals surface area (Å²) in [6.07, 6.45) is 9.07. The molecule has 2 aliphatic rings. The number of likely N-dealkylation sites (tertiary alicyclic amines) is 1. The van der Waals surface area contributed by atoms with Gasteiger partial charge in [0.1, 0.15) is 5.75 Å². The lowest BCUT2D eigenvalue weighted by atomic mass is 9.96. The fraction of sp³-hybridized carbons (Fsp3) is 0.500. The van der Waals surface area contributed by atoms with Crippen molar-refractivity contribution in [3.8, 4) is 18.1 Å². The van der Waals surface area contributed by atoms with Crippen molar-refractivity contribution in [3.05, 3.63) is 24.3 Å². The topological polar surface area (TPSA) is 94.4 Å². The van der Waals surface area contributed by atoms with Gasteiger partial charge >= 0.3 is 0 Å². The summed E-state index contributed by atoms with van der Waals surface area (Å²) >= 11 is 0. The van der Waals surface area contributed by atoms with Crippen molar-refractivity contribution in [1.82, 2.24) is 4.90 Å². The Kier molecular flexibility index (Phi) is 5.75. The van der Waals surface area contributed by atoms with Crippen LogP contribution < -0.4 is 5.32 Å². The van der Waals surface area contributed by atoms with Gasteiger partial charge in [0.2, 0.25) is 11.8 Å². The number of amides is 2. The summed E-state index contributed by atoms with van der Waals surface area (Å²) in [6.45, 7) is 1.10. The van der Waals surface area contributed by atoms with Crippen molar-refractivity contribution in [3.63, 3.8) is 0 Å². The number of nitrogens with zero attached hydrogens (tertiary/aromatic N) is 3. The number of hydrogen-bond acceptors (Lipinski definition) is 5. The summed E-state index contributed by atoms with van der Waals surface area (Å²) in [6, 6.07) is 6.35. The Morgan fingerprint density at radius 3 is 2.70 bits per heavy atom. The number of carbonyl (C=O) groups is 2. The van der Waals surface area contributed by atoms with Crippen molar-refractivity contribution >= 4 is 17.5 Å². The van der Waals surface area contributed by atoms with E-state index < -0.39 is 5.66 Å². The first-order chi connectivity index (χ1) is 13.0. The van der Waals surface area contributed by atoms with Crippen LogP contribution in [-0.4, -0.2) is 40.6 Å². The van der Waals surface area contributed by atoms with Crippen molar-refractivity contribution in [2.75, 3.05) is 18.4 Å². The van der Waals surface area contributed by atoms with E-state index in [1.165, 1.54) is 12.1 Å². The van der Waals surface area contributed by atoms with Crippen LogP contribution in [0.2, 0.25) is 0 Å². The molecule has 0 radical (unpaired) electrons. The van der Waals surface area contributed by atoms with Gasteiger partial charge < -0.3 is 15.3 Å². The van der Waals surface area contributed by atoms with Crippen molar-refractivity contribution < 1.29 is 14.7 Å². The smallest absolute Gasteiger partial charge is 0.229 e. The van der Waals surface area contributed by atoms with E-state index in [4.69, 9.17) is 6.42 Å². The molecule has 0 aromatic heterocycles. The molecular weight excluding hydrogens is 344 g/mol. The Morgan fingerprint density at radius 1 is 1.30 bits per heavy atom. The fourth-order valence-corrected chi connectivity index (χ4v) is 3.34. The highest BCUT2D eigenvalue weighted by Crippen LogP contribution is 2.37. The number of hydrogen-bond donors (Lipinski definition) is 2. The molecule has 3 rings (SSSR count). The first-order valence-corrected chi connectivity index (χ1v) is 9.26. The Hall–Kier alpha value is -2.88. The van der Waals surface area contributed by atoms with E-state index in [1.54, 1.807) is 17.0 Å². The highest BCUT2D eigenvalue weighted by molar-refractivity contribution is 5.93. The van der Waals surface area contributed by atoms with Crippen LogP contribution in [0.1, 0.15) is 38.5 Å². The van der Waals surface area contributed by atoms with Crippen LogP contribution in [0.15, 0.2) is 34.5 Å². The SMILES string of the molecule is C#CCCC1(CCC(=O)N2CCCC(C(=O)Nc3ccc(O)cc3)C2)N=N1. The van der Waals surface area contributed by atoms with Gasteiger partial charge in [0.25, 0.3) is 0 Å². The predicted molar refractivity (Wildman–Crippen MR) is 101 cm³/mol. The lowest BCUT2D eigenvalue weighted by Gasteiger charge is -2.32. The molecule has 1 unspecified atom stereocenters. The van der Waals surface area contributed by atoms with Gasteiger partial charge in [-0.25, -0.2) is 0 Å². The zero-order chi connectivity index (χ0) is 19.3. The maximum absolute atomic E-state index is 12.6. The minimum Gasteiger partial charge on any atom is -0.508 e. The quantitative estimate of drug-likeness (QED) is 0.572. The molecule has 7 heteroatoms. The van der Waals surface area contributed by atoms with Crippen molar-refractivity contribution in [2.45, 2.75) is 44.2 Å². The van der Waals surface area contributed by atoms with E-state index in [1.807, 2.05) is 0 Å². The van der Waals surface area contributed by atoms with Crippen LogP contribution in [0.3, 0.4) is 0 Å². The third-order valence-electron chi connectivity index (χ3n) is 5.07. The van der Waals surface area contributed by atoms with Gasteiger partial charge in [-0.05, 0) is 37.1 Å². The lowest BCUT2D eigenvalue weighted by Crippen LogP contribution is -2.44. The molecule has 27 heavy (non-hydrogen) atoms. The van der Waals surface area contributed by atoms with Gasteiger partial charge in [0.05, 0.1) is 5.92 Å². The number of nitrogens with one attached hydrogen (secondary N) is 1. The monoisotopic (exact) mass is 368 g/mol. The zero-order valence-electron chi connectivity index (χ0n) is 15.2. The molecule has 1 fully saturated rings. The molecule has 0 aliphatic carbocycles. The molecule has 0 bridgehead atoms. The highest BCUT2D eigenvalue weighted by Gasteiger charge is 2.40. The van der Waals surface area contributed by atoms with E-state index in [0.717, 1.165) is 12.8 Å². The average molecular weight is 368 g/mol. The van der Waals surface area contributed by atoms with E-state index in [2.05, 4.69) is 21.5 Å². The normalized spacial score (nSPS) is 20.0. The van der Waals surface area contributed by atoms with Gasteiger partial charge in [-0.15, -0.1) is 12.3 Å². The Bertz CT molecular complexity index is 760. The third kappa shape index (κ3) is 5.07. The maximum Gasteiger partial charge on any atom is 0.229 e. The van der Waals surface area contributed by atoms with Gasteiger partial charge in [-0.3, -0.25) is 9.59 Å². The Morgan fingerprint density at radius 2 is 2.04 bits per heavy atom. The molecule has 1 atom stereocenters. The van der Waals surface area contributed by atoms with Crippen LogP contribution in [0.5, 0.6) is 5.75 Å². The van der Waals surface area contributed by atoms with E-state index in [0.29, 0.717) is 44.5 Å². The molecule has 1 saturated heterocycles. The average Bonchev–Trinajstić information content (AvgIpc) is 3.46. The second-order valence-electron chi connectivity index (χ2n) is 7.10. The standard InChI is InChI=1S/C20H24N4O3/c1-2-3-11-20(22-23-20)12-10-18(26)24-13-4-5-15(14-24)19(27)21-16-6-8-17(25)9-7-16/h1,6-9,15,25H,3-5,10-14H2,(H,21,27). The first-order valence-electron chi connectivity index (χ1n) is 9.26. The maximum atomic E-state index is 12.6. The van der Waals surface area contributed by atoms with E-state index in [-0.39, 0.29) is 23.5 Å². The zero-order valence-corrected chi connectivity index (χ0v) is 15.2. The van der Waals surface area contributed by atoms with E-state index >= 15 is 0 Å². The summed E-state index contributed by atoms with van der Waals surface area (Å²) < 4.78 is 0. The van der Waals surface area contributed by atoms with Crippen LogP contribution >= 0.6 is 0 Å². The number of anilines is 1. The summed E-state index contributed by atoms with van der Waals surface area (Å²) in [7, 11) is 0. The molecule has 0 saturated carbocycles. The van der Waals surface area contributed by atoms with Crippen LogP contribution in [0.25, 0.3) is 0 Å². The predicted octanol–water partition coefficient (Wildman–Crippen LogP) is 2.93. The minimum atomic E-state index is -0.451. The van der Waals surface area contributed by atoms with Crippen LogP contribution in [-0.2, 0) is 9.59 Å². The highest BCUT2D eigenvalue weighted by atomic mass is 16.3. The first kappa shape index (κ1) is 18.9. The number of phenolic OH excluding ortho intramolecular Hbond substituents is 1. The number of carbonyl (C=O) groups excluding carboxylic acids is 2. The van der Waals surface area contributed by atoms with Gasteiger partial charge in [-0.2, -0.15) is 10.2 Å². The molecule has 2 aliphatic heterocycles. The number of terminal acetylenes is 1. The molecule has 7 nitrogen and oxygen atoms in total. The fourth-order valence-electron chi connectivity index (χ4n) is 3.34.